The van der Waals surface area contributed by atoms with Crippen molar-refractivity contribution < 1.29 is 9.53 Å². The highest BCUT2D eigenvalue weighted by Gasteiger charge is 2.27. The van der Waals surface area contributed by atoms with Crippen molar-refractivity contribution in [3.63, 3.8) is 0 Å². The minimum absolute atomic E-state index is 0.0257. The quantitative estimate of drug-likeness (QED) is 0.929. The van der Waals surface area contributed by atoms with Gasteiger partial charge in [-0.25, -0.2) is 0 Å². The van der Waals surface area contributed by atoms with E-state index in [-0.39, 0.29) is 11.9 Å². The van der Waals surface area contributed by atoms with Gasteiger partial charge in [-0.3, -0.25) is 4.79 Å². The van der Waals surface area contributed by atoms with Gasteiger partial charge in [0.25, 0.3) is 5.91 Å². The fourth-order valence-electron chi connectivity index (χ4n) is 2.95. The smallest absolute Gasteiger partial charge is 0.257 e. The van der Waals surface area contributed by atoms with E-state index in [0.29, 0.717) is 22.4 Å². The van der Waals surface area contributed by atoms with Crippen molar-refractivity contribution in [2.75, 3.05) is 21.2 Å². The van der Waals surface area contributed by atoms with Crippen LogP contribution >= 0.6 is 11.6 Å². The van der Waals surface area contributed by atoms with E-state index in [0.717, 1.165) is 25.7 Å². The molecule has 1 fully saturated rings. The summed E-state index contributed by atoms with van der Waals surface area (Å²) in [6.07, 6.45) is 4.25. The van der Waals surface area contributed by atoms with Crippen LogP contribution in [0.2, 0.25) is 5.02 Å². The highest BCUT2D eigenvalue weighted by atomic mass is 35.5. The average molecular weight is 311 g/mol. The lowest BCUT2D eigenvalue weighted by molar-refractivity contribution is 0.0682. The summed E-state index contributed by atoms with van der Waals surface area (Å²) in [7, 11) is 5.43. The van der Waals surface area contributed by atoms with Crippen molar-refractivity contribution in [3.8, 4) is 5.75 Å². The minimum Gasteiger partial charge on any atom is -0.496 e. The number of hydrogen-bond donors (Lipinski definition) is 1. The summed E-state index contributed by atoms with van der Waals surface area (Å²) in [6, 6.07) is 6.01. The Morgan fingerprint density at radius 1 is 1.33 bits per heavy atom. The standard InChI is InChI=1S/C16H23ClN2O2/c1-18-12-5-7-13(8-6-12)19(2)16(20)14-10-11(17)4-9-15(14)21-3/h4,9-10,12-13,18H,5-8H2,1-3H3. The molecule has 1 aromatic carbocycles. The van der Waals surface area contributed by atoms with Gasteiger partial charge in [0.05, 0.1) is 12.7 Å². The van der Waals surface area contributed by atoms with E-state index >= 15 is 0 Å². The Hall–Kier alpha value is -1.26. The number of methoxy groups -OCH3 is 1. The van der Waals surface area contributed by atoms with Gasteiger partial charge < -0.3 is 15.0 Å². The Morgan fingerprint density at radius 3 is 2.57 bits per heavy atom. The molecule has 2 rings (SSSR count). The molecule has 0 atom stereocenters. The Balaban J connectivity index is 2.11. The van der Waals surface area contributed by atoms with Gasteiger partial charge in [-0.1, -0.05) is 11.6 Å². The van der Waals surface area contributed by atoms with Gasteiger partial charge in [-0.05, 0) is 50.9 Å². The van der Waals surface area contributed by atoms with E-state index in [2.05, 4.69) is 5.32 Å². The summed E-state index contributed by atoms with van der Waals surface area (Å²) in [5.74, 6) is 0.544. The molecule has 1 aromatic rings. The van der Waals surface area contributed by atoms with Crippen LogP contribution in [-0.2, 0) is 0 Å². The average Bonchev–Trinajstić information content (AvgIpc) is 2.53. The van der Waals surface area contributed by atoms with Crippen molar-refractivity contribution in [2.24, 2.45) is 0 Å². The first kappa shape index (κ1) is 16.1. The molecule has 116 valence electrons. The summed E-state index contributed by atoms with van der Waals surface area (Å²) in [5.41, 5.74) is 0.531. The fourth-order valence-corrected chi connectivity index (χ4v) is 3.13. The number of halogens is 1. The molecule has 0 aliphatic heterocycles. The van der Waals surface area contributed by atoms with Gasteiger partial charge in [-0.2, -0.15) is 0 Å². The summed E-state index contributed by atoms with van der Waals surface area (Å²) in [5, 5.41) is 3.86. The maximum absolute atomic E-state index is 12.7. The van der Waals surface area contributed by atoms with E-state index in [1.807, 2.05) is 19.0 Å². The number of benzene rings is 1. The Labute approximate surface area is 131 Å². The highest BCUT2D eigenvalue weighted by molar-refractivity contribution is 6.31. The Morgan fingerprint density at radius 2 is 2.00 bits per heavy atom. The number of rotatable bonds is 4. The lowest BCUT2D eigenvalue weighted by Crippen LogP contribution is -2.42. The van der Waals surface area contributed by atoms with E-state index in [1.165, 1.54) is 0 Å². The van der Waals surface area contributed by atoms with Gasteiger partial charge in [0, 0.05) is 24.2 Å². The Kier molecular flexibility index (Phi) is 5.48. The van der Waals surface area contributed by atoms with Crippen molar-refractivity contribution in [1.29, 1.82) is 0 Å². The van der Waals surface area contributed by atoms with Gasteiger partial charge >= 0.3 is 0 Å². The van der Waals surface area contributed by atoms with Crippen LogP contribution in [0.4, 0.5) is 0 Å². The molecule has 0 heterocycles. The largest absolute Gasteiger partial charge is 0.496 e. The van der Waals surface area contributed by atoms with Crippen LogP contribution in [0, 0.1) is 0 Å². The minimum atomic E-state index is -0.0257. The lowest BCUT2D eigenvalue weighted by Gasteiger charge is -2.34. The van der Waals surface area contributed by atoms with E-state index in [9.17, 15) is 4.79 Å². The third kappa shape index (κ3) is 3.69. The van der Waals surface area contributed by atoms with E-state index in [1.54, 1.807) is 25.3 Å². The summed E-state index contributed by atoms with van der Waals surface area (Å²) in [4.78, 5) is 14.5. The zero-order chi connectivity index (χ0) is 15.4. The predicted octanol–water partition coefficient (Wildman–Crippen LogP) is 2.95. The molecule has 1 aliphatic rings. The van der Waals surface area contributed by atoms with Crippen LogP contribution in [-0.4, -0.2) is 44.1 Å². The van der Waals surface area contributed by atoms with Crippen LogP contribution in [0.1, 0.15) is 36.0 Å². The second-order valence-corrected chi connectivity index (χ2v) is 5.99. The normalized spacial score (nSPS) is 21.9. The molecule has 21 heavy (non-hydrogen) atoms. The summed E-state index contributed by atoms with van der Waals surface area (Å²) in [6.45, 7) is 0. The first-order chi connectivity index (χ1) is 10.1. The Bertz CT molecular complexity index is 499. The third-order valence-electron chi connectivity index (χ3n) is 4.36. The molecular weight excluding hydrogens is 288 g/mol. The number of amides is 1. The van der Waals surface area contributed by atoms with E-state index < -0.39 is 0 Å². The van der Waals surface area contributed by atoms with Crippen molar-refractivity contribution in [3.05, 3.63) is 28.8 Å². The SMILES string of the molecule is CNC1CCC(N(C)C(=O)c2cc(Cl)ccc2OC)CC1. The topological polar surface area (TPSA) is 41.6 Å². The molecule has 5 heteroatoms. The number of nitrogens with zero attached hydrogens (tertiary/aromatic N) is 1. The maximum atomic E-state index is 12.7. The van der Waals surface area contributed by atoms with Crippen LogP contribution in [0.5, 0.6) is 5.75 Å². The van der Waals surface area contributed by atoms with Gasteiger partial charge in [0.1, 0.15) is 5.75 Å². The van der Waals surface area contributed by atoms with Crippen LogP contribution in [0.25, 0.3) is 0 Å². The third-order valence-corrected chi connectivity index (χ3v) is 4.60. The van der Waals surface area contributed by atoms with Crippen molar-refractivity contribution >= 4 is 17.5 Å². The lowest BCUT2D eigenvalue weighted by atomic mass is 9.90. The van der Waals surface area contributed by atoms with Crippen LogP contribution < -0.4 is 10.1 Å². The summed E-state index contributed by atoms with van der Waals surface area (Å²) >= 11 is 6.01. The van der Waals surface area contributed by atoms with Crippen molar-refractivity contribution in [2.45, 2.75) is 37.8 Å². The first-order valence-electron chi connectivity index (χ1n) is 7.34. The van der Waals surface area contributed by atoms with Gasteiger partial charge in [0.2, 0.25) is 0 Å². The molecule has 4 nitrogen and oxygen atoms in total. The highest BCUT2D eigenvalue weighted by Crippen LogP contribution is 2.27. The van der Waals surface area contributed by atoms with E-state index in [4.69, 9.17) is 16.3 Å². The molecule has 0 unspecified atom stereocenters. The molecule has 1 saturated carbocycles. The predicted molar refractivity (Wildman–Crippen MR) is 85.2 cm³/mol. The van der Waals surface area contributed by atoms with Crippen molar-refractivity contribution in [1.82, 2.24) is 10.2 Å². The number of nitrogens with one attached hydrogen (secondary N) is 1. The summed E-state index contributed by atoms with van der Waals surface area (Å²) < 4.78 is 5.28. The molecule has 0 saturated heterocycles. The van der Waals surface area contributed by atoms with Crippen LogP contribution in [0.3, 0.4) is 0 Å². The number of hydrogen-bond acceptors (Lipinski definition) is 3. The number of carbonyl (C=O) groups excluding carboxylic acids is 1. The first-order valence-corrected chi connectivity index (χ1v) is 7.72. The molecule has 0 radical (unpaired) electrons. The molecule has 1 N–H and O–H groups in total. The second-order valence-electron chi connectivity index (χ2n) is 5.55. The fraction of sp³-hybridized carbons (Fsp3) is 0.562. The number of ether oxygens (including phenoxy) is 1. The van der Waals surface area contributed by atoms with Crippen LogP contribution in [0.15, 0.2) is 18.2 Å². The second kappa shape index (κ2) is 7.14. The molecule has 0 bridgehead atoms. The monoisotopic (exact) mass is 310 g/mol. The van der Waals surface area contributed by atoms with Gasteiger partial charge in [0.15, 0.2) is 0 Å². The molecule has 1 amide bonds. The molecule has 0 spiro atoms. The number of carbonyl (C=O) groups is 1. The zero-order valence-electron chi connectivity index (χ0n) is 12.9. The van der Waals surface area contributed by atoms with Gasteiger partial charge in [-0.15, -0.1) is 0 Å². The maximum Gasteiger partial charge on any atom is 0.257 e. The molecule has 1 aliphatic carbocycles. The molecule has 0 aromatic heterocycles. The zero-order valence-corrected chi connectivity index (χ0v) is 13.6. The molecular formula is C16H23ClN2O2.